The van der Waals surface area contributed by atoms with Crippen molar-refractivity contribution < 1.29 is 14.2 Å². The van der Waals surface area contributed by atoms with Gasteiger partial charge in [0.25, 0.3) is 11.7 Å². The molecule has 4 aromatic rings. The second-order valence-corrected chi connectivity index (χ2v) is 9.36. The van der Waals surface area contributed by atoms with Crippen molar-refractivity contribution in [2.24, 2.45) is 0 Å². The van der Waals surface area contributed by atoms with Crippen LogP contribution in [0, 0.1) is 5.82 Å². The molecule has 1 amide bonds. The zero-order valence-electron chi connectivity index (χ0n) is 19.6. The Morgan fingerprint density at radius 2 is 1.57 bits per heavy atom. The van der Waals surface area contributed by atoms with Gasteiger partial charge in [-0.15, -0.1) is 0 Å². The number of fused-ring (bicyclic) bond motifs is 2. The molecule has 6 rings (SSSR count). The number of carbonyl (C=O) groups excluding carboxylic acids is 1. The number of amides is 1. The van der Waals surface area contributed by atoms with Gasteiger partial charge in [-0.2, -0.15) is 0 Å². The summed E-state index contributed by atoms with van der Waals surface area (Å²) in [5, 5.41) is 4.04. The molecule has 176 valence electrons. The van der Waals surface area contributed by atoms with Crippen LogP contribution in [0.3, 0.4) is 0 Å². The van der Waals surface area contributed by atoms with E-state index in [-0.39, 0.29) is 11.7 Å². The monoisotopic (exact) mass is 467 g/mol. The predicted octanol–water partition coefficient (Wildman–Crippen LogP) is 4.86. The largest absolute Gasteiger partial charge is 0.364 e. The lowest BCUT2D eigenvalue weighted by Crippen LogP contribution is -2.48. The summed E-state index contributed by atoms with van der Waals surface area (Å²) in [5.74, 6) is 0.616. The topological polar surface area (TPSA) is 49.7 Å². The Morgan fingerprint density at radius 1 is 0.829 bits per heavy atom. The number of rotatable bonds is 4. The van der Waals surface area contributed by atoms with Crippen molar-refractivity contribution in [1.29, 1.82) is 0 Å². The molecule has 1 saturated heterocycles. The molecule has 1 aromatic heterocycles. The van der Waals surface area contributed by atoms with E-state index in [1.54, 1.807) is 0 Å². The Hall–Kier alpha value is -3.93. The Bertz CT molecular complexity index is 1390. The van der Waals surface area contributed by atoms with Gasteiger partial charge in [0.2, 0.25) is 0 Å². The number of pyridine rings is 1. The average Bonchev–Trinajstić information content (AvgIpc) is 3.36. The van der Waals surface area contributed by atoms with Crippen molar-refractivity contribution >= 4 is 34.0 Å². The number of aryl methyl sites for hydroxylation is 2. The molecule has 0 saturated carbocycles. The minimum absolute atomic E-state index is 0.0978. The number of nitrogens with zero attached hydrogens (tertiary/aromatic N) is 2. The Labute approximate surface area is 204 Å². The first kappa shape index (κ1) is 21.6. The number of para-hydroxylation sites is 1. The van der Waals surface area contributed by atoms with Crippen molar-refractivity contribution in [3.63, 3.8) is 0 Å². The molecule has 0 atom stereocenters. The molecule has 1 fully saturated rings. The first-order chi connectivity index (χ1) is 17.1. The van der Waals surface area contributed by atoms with Gasteiger partial charge in [-0.3, -0.25) is 9.69 Å². The average molecular weight is 468 g/mol. The van der Waals surface area contributed by atoms with Gasteiger partial charge in [-0.25, -0.2) is 9.37 Å². The third-order valence-electron chi connectivity index (χ3n) is 7.17. The second kappa shape index (κ2) is 9.02. The fraction of sp³-hybridized carbons (Fsp3) is 0.241. The highest BCUT2D eigenvalue weighted by Crippen LogP contribution is 2.27. The molecule has 35 heavy (non-hydrogen) atoms. The lowest BCUT2D eigenvalue weighted by molar-refractivity contribution is -0.330. The summed E-state index contributed by atoms with van der Waals surface area (Å²) in [4.78, 5) is 21.5. The maximum atomic E-state index is 13.4. The molecule has 0 spiro atoms. The van der Waals surface area contributed by atoms with Gasteiger partial charge >= 0.3 is 0 Å². The molecule has 6 heteroatoms. The highest BCUT2D eigenvalue weighted by molar-refractivity contribution is 6.12. The van der Waals surface area contributed by atoms with Crippen molar-refractivity contribution in [1.82, 2.24) is 0 Å². The normalized spacial score (nSPS) is 15.3. The third kappa shape index (κ3) is 4.32. The lowest BCUT2D eigenvalue weighted by Gasteiger charge is -2.32. The third-order valence-corrected chi connectivity index (χ3v) is 7.17. The summed E-state index contributed by atoms with van der Waals surface area (Å²) in [6.07, 6.45) is 3.39. The fourth-order valence-electron chi connectivity index (χ4n) is 5.28. The molecule has 0 bridgehead atoms. The number of carbonyl (C=O) groups is 1. The van der Waals surface area contributed by atoms with E-state index in [0.717, 1.165) is 67.1 Å². The second-order valence-electron chi connectivity index (χ2n) is 9.36. The number of aromatic nitrogens is 1. The quantitative estimate of drug-likeness (QED) is 0.466. The smallest absolute Gasteiger partial charge is 0.275 e. The van der Waals surface area contributed by atoms with Crippen LogP contribution >= 0.6 is 0 Å². The van der Waals surface area contributed by atoms with E-state index in [1.807, 2.05) is 48.5 Å². The molecule has 1 aliphatic carbocycles. The SMILES string of the molecule is O=C(Nc1ccc2c(c1)CCC2)c1cc(N2CCN(c3ccc(F)cc3)CC2)[nH+]c2ccccc12. The van der Waals surface area contributed by atoms with Gasteiger partial charge < -0.3 is 10.2 Å². The number of aromatic amines is 1. The molecule has 0 unspecified atom stereocenters. The van der Waals surface area contributed by atoms with Crippen LogP contribution in [-0.4, -0.2) is 32.1 Å². The van der Waals surface area contributed by atoms with Crippen LogP contribution in [0.2, 0.25) is 0 Å². The number of nitrogens with one attached hydrogen (secondary N) is 2. The number of anilines is 3. The van der Waals surface area contributed by atoms with Gasteiger partial charge in [0.1, 0.15) is 24.4 Å². The Balaban J connectivity index is 1.25. The van der Waals surface area contributed by atoms with E-state index in [0.29, 0.717) is 5.56 Å². The minimum atomic E-state index is -0.219. The van der Waals surface area contributed by atoms with E-state index in [1.165, 1.54) is 29.7 Å². The zero-order chi connectivity index (χ0) is 23.8. The van der Waals surface area contributed by atoms with Gasteiger partial charge in [0, 0.05) is 22.8 Å². The van der Waals surface area contributed by atoms with E-state index in [9.17, 15) is 9.18 Å². The van der Waals surface area contributed by atoms with Crippen LogP contribution in [0.1, 0.15) is 27.9 Å². The van der Waals surface area contributed by atoms with Gasteiger partial charge in [0.05, 0.1) is 18.7 Å². The molecule has 2 N–H and O–H groups in total. The molecule has 1 aliphatic heterocycles. The zero-order valence-corrected chi connectivity index (χ0v) is 19.6. The standard InChI is InChI=1S/C29H27FN4O/c30-22-9-12-24(13-10-22)33-14-16-34(17-15-33)28-19-26(25-6-1-2-7-27(25)32-28)29(35)31-23-11-8-20-4-3-5-21(20)18-23/h1-2,6-13,18-19H,3-5,14-17H2,(H,31,35)/p+1. The number of benzene rings is 3. The van der Waals surface area contributed by atoms with Crippen LogP contribution in [-0.2, 0) is 12.8 Å². The first-order valence-electron chi connectivity index (χ1n) is 12.3. The summed E-state index contributed by atoms with van der Waals surface area (Å²) in [7, 11) is 0. The fourth-order valence-corrected chi connectivity index (χ4v) is 5.28. The molecule has 5 nitrogen and oxygen atoms in total. The highest BCUT2D eigenvalue weighted by atomic mass is 19.1. The first-order valence-corrected chi connectivity index (χ1v) is 12.3. The maximum Gasteiger partial charge on any atom is 0.275 e. The summed E-state index contributed by atoms with van der Waals surface area (Å²) in [6.45, 7) is 3.25. The van der Waals surface area contributed by atoms with E-state index >= 15 is 0 Å². The molecule has 0 radical (unpaired) electrons. The number of H-pyrrole nitrogens is 1. The van der Waals surface area contributed by atoms with Gasteiger partial charge in [-0.05, 0) is 78.9 Å². The van der Waals surface area contributed by atoms with Gasteiger partial charge in [0.15, 0.2) is 0 Å². The summed E-state index contributed by atoms with van der Waals surface area (Å²) >= 11 is 0. The summed E-state index contributed by atoms with van der Waals surface area (Å²) in [6, 6.07) is 22.8. The number of hydrogen-bond acceptors (Lipinski definition) is 3. The molecular formula is C29H28FN4O+. The van der Waals surface area contributed by atoms with Crippen molar-refractivity contribution in [3.05, 3.63) is 95.3 Å². The van der Waals surface area contributed by atoms with Crippen LogP contribution < -0.4 is 20.1 Å². The molecule has 2 heterocycles. The van der Waals surface area contributed by atoms with Gasteiger partial charge in [-0.1, -0.05) is 18.2 Å². The predicted molar refractivity (Wildman–Crippen MR) is 138 cm³/mol. The van der Waals surface area contributed by atoms with Crippen LogP contribution in [0.25, 0.3) is 10.9 Å². The van der Waals surface area contributed by atoms with Crippen molar-refractivity contribution in [2.45, 2.75) is 19.3 Å². The van der Waals surface area contributed by atoms with Crippen molar-refractivity contribution in [2.75, 3.05) is 41.3 Å². The maximum absolute atomic E-state index is 13.4. The summed E-state index contributed by atoms with van der Waals surface area (Å²) < 4.78 is 13.3. The van der Waals surface area contributed by atoms with E-state index in [4.69, 9.17) is 0 Å². The Kier molecular flexibility index (Phi) is 5.57. The minimum Gasteiger partial charge on any atom is -0.364 e. The number of hydrogen-bond donors (Lipinski definition) is 1. The van der Waals surface area contributed by atoms with Crippen LogP contribution in [0.4, 0.5) is 21.6 Å². The molecular weight excluding hydrogens is 439 g/mol. The molecule has 3 aromatic carbocycles. The summed E-state index contributed by atoms with van der Waals surface area (Å²) in [5.41, 5.74) is 6.21. The molecule has 2 aliphatic rings. The Morgan fingerprint density at radius 3 is 2.40 bits per heavy atom. The van der Waals surface area contributed by atoms with Crippen molar-refractivity contribution in [3.8, 4) is 0 Å². The number of halogens is 1. The number of piperazine rings is 1. The highest BCUT2D eigenvalue weighted by Gasteiger charge is 2.26. The van der Waals surface area contributed by atoms with E-state index < -0.39 is 0 Å². The van der Waals surface area contributed by atoms with Crippen LogP contribution in [0.5, 0.6) is 0 Å². The van der Waals surface area contributed by atoms with Crippen LogP contribution in [0.15, 0.2) is 72.8 Å². The van der Waals surface area contributed by atoms with E-state index in [2.05, 4.69) is 32.2 Å². The lowest BCUT2D eigenvalue weighted by atomic mass is 10.1.